The van der Waals surface area contributed by atoms with Gasteiger partial charge in [0.1, 0.15) is 0 Å². The van der Waals surface area contributed by atoms with Crippen LogP contribution in [0, 0.1) is 5.41 Å². The van der Waals surface area contributed by atoms with Crippen molar-refractivity contribution in [3.8, 4) is 0 Å². The van der Waals surface area contributed by atoms with Crippen LogP contribution in [0.2, 0.25) is 0 Å². The van der Waals surface area contributed by atoms with Crippen LogP contribution in [0.1, 0.15) is 59.3 Å². The van der Waals surface area contributed by atoms with Crippen molar-refractivity contribution in [2.75, 3.05) is 13.1 Å². The van der Waals surface area contributed by atoms with Gasteiger partial charge < -0.3 is 0 Å². The van der Waals surface area contributed by atoms with Crippen LogP contribution in [0.25, 0.3) is 0 Å². The molecule has 1 atom stereocenters. The average molecular weight is 195 g/mol. The van der Waals surface area contributed by atoms with E-state index in [4.69, 9.17) is 0 Å². The fourth-order valence-electron chi connectivity index (χ4n) is 3.64. The third kappa shape index (κ3) is 1.41. The Morgan fingerprint density at radius 1 is 1.14 bits per heavy atom. The molecular weight excluding hydrogens is 170 g/mol. The number of hydrogen-bond acceptors (Lipinski definition) is 1. The first kappa shape index (κ1) is 10.5. The molecular formula is C13H25N. The highest BCUT2D eigenvalue weighted by molar-refractivity contribution is 5.13. The first-order valence-electron chi connectivity index (χ1n) is 6.54. The topological polar surface area (TPSA) is 3.24 Å². The molecule has 3 rings (SSSR count). The lowest BCUT2D eigenvalue weighted by atomic mass is 9.86. The van der Waals surface area contributed by atoms with Crippen LogP contribution in [0.4, 0.5) is 0 Å². The molecule has 14 heavy (non-hydrogen) atoms. The quantitative estimate of drug-likeness (QED) is 0.619. The monoisotopic (exact) mass is 195 g/mol. The second-order valence-corrected chi connectivity index (χ2v) is 5.28. The van der Waals surface area contributed by atoms with Crippen LogP contribution >= 0.6 is 0 Å². The van der Waals surface area contributed by atoms with Crippen LogP contribution in [-0.4, -0.2) is 23.5 Å². The Morgan fingerprint density at radius 3 is 2.36 bits per heavy atom. The fourth-order valence-corrected chi connectivity index (χ4v) is 3.64. The zero-order valence-corrected chi connectivity index (χ0v) is 10.1. The molecule has 2 saturated heterocycles. The molecule has 2 aliphatic heterocycles. The minimum atomic E-state index is 0.677. The molecule has 0 aromatic heterocycles. The maximum atomic E-state index is 2.81. The zero-order chi connectivity index (χ0) is 10.2. The van der Waals surface area contributed by atoms with E-state index in [0.717, 1.165) is 5.41 Å². The Balaban J connectivity index is 0.000000354. The van der Waals surface area contributed by atoms with E-state index in [1.165, 1.54) is 51.6 Å². The molecule has 1 heteroatoms. The molecule has 2 heterocycles. The molecule has 0 unspecified atom stereocenters. The van der Waals surface area contributed by atoms with Crippen LogP contribution in [-0.2, 0) is 0 Å². The lowest BCUT2D eigenvalue weighted by Crippen LogP contribution is -2.37. The summed E-state index contributed by atoms with van der Waals surface area (Å²) in [5.74, 6) is 0. The summed E-state index contributed by atoms with van der Waals surface area (Å²) in [6.45, 7) is 9.23. The molecule has 3 fully saturated rings. The largest absolute Gasteiger partial charge is 0.297 e. The Bertz CT molecular complexity index is 207. The lowest BCUT2D eigenvalue weighted by molar-refractivity contribution is 0.189. The molecule has 82 valence electrons. The van der Waals surface area contributed by atoms with Gasteiger partial charge in [-0.25, -0.2) is 0 Å². The third-order valence-electron chi connectivity index (χ3n) is 4.59. The summed E-state index contributed by atoms with van der Waals surface area (Å²) >= 11 is 0. The van der Waals surface area contributed by atoms with Crippen LogP contribution in [0.5, 0.6) is 0 Å². The van der Waals surface area contributed by atoms with Crippen molar-refractivity contribution in [1.82, 2.24) is 4.90 Å². The molecule has 0 N–H and O–H groups in total. The smallest absolute Gasteiger partial charge is 0.0213 e. The van der Waals surface area contributed by atoms with Crippen LogP contribution < -0.4 is 0 Å². The average Bonchev–Trinajstić information content (AvgIpc) is 2.71. The second kappa shape index (κ2) is 3.52. The predicted molar refractivity (Wildman–Crippen MR) is 61.5 cm³/mol. The van der Waals surface area contributed by atoms with Crippen LogP contribution in [0.3, 0.4) is 0 Å². The fraction of sp³-hybridized carbons (Fsp3) is 1.00. The van der Waals surface area contributed by atoms with Gasteiger partial charge in [-0.2, -0.15) is 0 Å². The van der Waals surface area contributed by atoms with Crippen LogP contribution in [0.15, 0.2) is 0 Å². The van der Waals surface area contributed by atoms with Crippen molar-refractivity contribution in [2.24, 2.45) is 5.41 Å². The van der Waals surface area contributed by atoms with E-state index in [2.05, 4.69) is 11.8 Å². The zero-order valence-electron chi connectivity index (χ0n) is 10.1. The molecule has 0 aromatic carbocycles. The summed E-state index contributed by atoms with van der Waals surface area (Å²) in [6, 6.07) is 0. The summed E-state index contributed by atoms with van der Waals surface area (Å²) in [4.78, 5) is 2.81. The van der Waals surface area contributed by atoms with Gasteiger partial charge in [-0.1, -0.05) is 20.8 Å². The Morgan fingerprint density at radius 2 is 1.86 bits per heavy atom. The van der Waals surface area contributed by atoms with Gasteiger partial charge in [0.05, 0.1) is 0 Å². The maximum absolute atomic E-state index is 2.81. The SMILES string of the molecule is CC.CC[C@@]12CCCN1CC1(CC1)C2. The summed E-state index contributed by atoms with van der Waals surface area (Å²) in [5, 5.41) is 0. The van der Waals surface area contributed by atoms with Gasteiger partial charge in [-0.3, -0.25) is 4.90 Å². The second-order valence-electron chi connectivity index (χ2n) is 5.28. The van der Waals surface area contributed by atoms with Gasteiger partial charge in [0.2, 0.25) is 0 Å². The normalized spacial score (nSPS) is 37.9. The molecule has 0 aromatic rings. The standard InChI is InChI=1S/C11H19N.C2H6/c1-2-11-4-3-7-12(11)9-10(8-11)5-6-10;1-2/h2-9H2,1H3;1-2H3/t11-;/m0./s1. The first-order chi connectivity index (χ1) is 6.79. The van der Waals surface area contributed by atoms with E-state index >= 15 is 0 Å². The van der Waals surface area contributed by atoms with Crippen molar-refractivity contribution >= 4 is 0 Å². The summed E-state index contributed by atoms with van der Waals surface area (Å²) in [6.07, 6.45) is 8.96. The number of rotatable bonds is 1. The Kier molecular flexibility index (Phi) is 2.63. The van der Waals surface area contributed by atoms with Gasteiger partial charge in [0.25, 0.3) is 0 Å². The number of fused-ring (bicyclic) bond motifs is 1. The summed E-state index contributed by atoms with van der Waals surface area (Å²) in [5.41, 5.74) is 1.51. The highest BCUT2D eigenvalue weighted by atomic mass is 15.3. The maximum Gasteiger partial charge on any atom is 0.0213 e. The minimum absolute atomic E-state index is 0.677. The Hall–Kier alpha value is -0.0400. The van der Waals surface area contributed by atoms with E-state index < -0.39 is 0 Å². The van der Waals surface area contributed by atoms with E-state index in [1.807, 2.05) is 13.8 Å². The molecule has 0 radical (unpaired) electrons. The van der Waals surface area contributed by atoms with E-state index in [9.17, 15) is 0 Å². The number of nitrogens with zero attached hydrogens (tertiary/aromatic N) is 1. The van der Waals surface area contributed by atoms with Gasteiger partial charge in [0, 0.05) is 12.1 Å². The Labute approximate surface area is 88.9 Å². The molecule has 1 saturated carbocycles. The molecule has 1 nitrogen and oxygen atoms in total. The van der Waals surface area contributed by atoms with Gasteiger partial charge in [0.15, 0.2) is 0 Å². The van der Waals surface area contributed by atoms with Gasteiger partial charge in [-0.05, 0) is 50.5 Å². The lowest BCUT2D eigenvalue weighted by Gasteiger charge is -2.30. The summed E-state index contributed by atoms with van der Waals surface area (Å²) in [7, 11) is 0. The first-order valence-corrected chi connectivity index (χ1v) is 6.54. The molecule has 0 bridgehead atoms. The molecule has 0 amide bonds. The van der Waals surface area contributed by atoms with E-state index in [0.29, 0.717) is 5.54 Å². The van der Waals surface area contributed by atoms with Crippen molar-refractivity contribution in [3.05, 3.63) is 0 Å². The summed E-state index contributed by atoms with van der Waals surface area (Å²) < 4.78 is 0. The predicted octanol–water partition coefficient (Wildman–Crippen LogP) is 3.44. The van der Waals surface area contributed by atoms with Gasteiger partial charge >= 0.3 is 0 Å². The molecule has 1 aliphatic carbocycles. The highest BCUT2D eigenvalue weighted by Gasteiger charge is 2.58. The third-order valence-corrected chi connectivity index (χ3v) is 4.59. The number of hydrogen-bond donors (Lipinski definition) is 0. The molecule has 1 spiro atoms. The van der Waals surface area contributed by atoms with Crippen molar-refractivity contribution in [2.45, 2.75) is 64.8 Å². The minimum Gasteiger partial charge on any atom is -0.297 e. The van der Waals surface area contributed by atoms with E-state index in [-0.39, 0.29) is 0 Å². The van der Waals surface area contributed by atoms with Crippen molar-refractivity contribution in [1.29, 1.82) is 0 Å². The molecule has 3 aliphatic rings. The van der Waals surface area contributed by atoms with Crippen molar-refractivity contribution < 1.29 is 0 Å². The van der Waals surface area contributed by atoms with Gasteiger partial charge in [-0.15, -0.1) is 0 Å². The van der Waals surface area contributed by atoms with Crippen molar-refractivity contribution in [3.63, 3.8) is 0 Å². The van der Waals surface area contributed by atoms with E-state index in [1.54, 1.807) is 0 Å². The highest BCUT2D eigenvalue weighted by Crippen LogP contribution is 2.61.